The summed E-state index contributed by atoms with van der Waals surface area (Å²) in [6.07, 6.45) is 3.10. The van der Waals surface area contributed by atoms with Crippen molar-refractivity contribution in [2.75, 3.05) is 6.61 Å². The molecule has 0 atom stereocenters. The fourth-order valence-corrected chi connectivity index (χ4v) is 2.03. The predicted octanol–water partition coefficient (Wildman–Crippen LogP) is -0.223. The molecule has 0 amide bonds. The number of imidazole rings is 1. The fourth-order valence-electron chi connectivity index (χ4n) is 2.03. The molecule has 8 heteroatoms. The maximum Gasteiger partial charge on any atom is 0.332 e. The maximum absolute atomic E-state index is 12.2. The molecular weight excluding hydrogens is 276 g/mol. The summed E-state index contributed by atoms with van der Waals surface area (Å²) in [5, 5.41) is 0. The molecule has 0 fully saturated rings. The first-order chi connectivity index (χ1) is 9.97. The molecule has 2 aromatic heterocycles. The molecule has 0 radical (unpaired) electrons. The van der Waals surface area contributed by atoms with Crippen molar-refractivity contribution >= 4 is 17.1 Å². The van der Waals surface area contributed by atoms with E-state index in [0.717, 1.165) is 17.4 Å². The van der Waals surface area contributed by atoms with Gasteiger partial charge in [-0.15, -0.1) is 0 Å². The number of fused-ring (bicyclic) bond motifs is 1. The average molecular weight is 294 g/mol. The van der Waals surface area contributed by atoms with Gasteiger partial charge in [-0.2, -0.15) is 0 Å². The molecule has 114 valence electrons. The predicted molar refractivity (Wildman–Crippen MR) is 76.1 cm³/mol. The lowest BCUT2D eigenvalue weighted by atomic mass is 10.4. The van der Waals surface area contributed by atoms with Crippen LogP contribution in [0.4, 0.5) is 0 Å². The molecule has 0 N–H and O–H groups in total. The van der Waals surface area contributed by atoms with Gasteiger partial charge in [-0.3, -0.25) is 18.7 Å². The molecule has 0 unspecified atom stereocenters. The lowest BCUT2D eigenvalue weighted by Crippen LogP contribution is -2.37. The van der Waals surface area contributed by atoms with Gasteiger partial charge in [-0.25, -0.2) is 9.78 Å². The summed E-state index contributed by atoms with van der Waals surface area (Å²) < 4.78 is 8.73. The molecule has 0 spiro atoms. The van der Waals surface area contributed by atoms with Crippen molar-refractivity contribution in [3.8, 4) is 0 Å². The van der Waals surface area contributed by atoms with E-state index in [2.05, 4.69) is 4.98 Å². The van der Waals surface area contributed by atoms with Crippen LogP contribution in [0.25, 0.3) is 11.2 Å². The highest BCUT2D eigenvalue weighted by molar-refractivity contribution is 5.75. The van der Waals surface area contributed by atoms with Crippen molar-refractivity contribution < 1.29 is 9.53 Å². The molecule has 0 aliphatic heterocycles. The van der Waals surface area contributed by atoms with E-state index in [1.807, 2.05) is 6.92 Å². The molecular formula is C13H18N4O4. The molecule has 0 aliphatic rings. The number of hydrogen-bond donors (Lipinski definition) is 0. The largest absolute Gasteiger partial charge is 0.464 e. The van der Waals surface area contributed by atoms with Crippen LogP contribution in [0.1, 0.15) is 19.8 Å². The first-order valence-electron chi connectivity index (χ1n) is 6.73. The Morgan fingerprint density at radius 3 is 2.67 bits per heavy atom. The maximum atomic E-state index is 12.2. The Hall–Kier alpha value is -2.38. The molecule has 0 aromatic carbocycles. The van der Waals surface area contributed by atoms with Gasteiger partial charge in [0.2, 0.25) is 0 Å². The van der Waals surface area contributed by atoms with Gasteiger partial charge in [0.25, 0.3) is 5.56 Å². The molecule has 2 heterocycles. The Morgan fingerprint density at radius 2 is 2.00 bits per heavy atom. The number of nitrogens with zero attached hydrogens (tertiary/aromatic N) is 4. The third kappa shape index (κ3) is 2.74. The Labute approximate surface area is 120 Å². The third-order valence-electron chi connectivity index (χ3n) is 3.28. The Balaban J connectivity index is 2.37. The van der Waals surface area contributed by atoms with Gasteiger partial charge in [-0.05, 0) is 6.42 Å². The van der Waals surface area contributed by atoms with E-state index >= 15 is 0 Å². The number of carbonyl (C=O) groups excluding carboxylic acids is 1. The highest BCUT2D eigenvalue weighted by atomic mass is 16.5. The van der Waals surface area contributed by atoms with Gasteiger partial charge < -0.3 is 9.30 Å². The zero-order valence-electron chi connectivity index (χ0n) is 12.3. The zero-order chi connectivity index (χ0) is 15.6. The Kier molecular flexibility index (Phi) is 4.25. The summed E-state index contributed by atoms with van der Waals surface area (Å²) in [6, 6.07) is 0. The number of esters is 1. The first-order valence-corrected chi connectivity index (χ1v) is 6.73. The SMILES string of the molecule is CCCCOC(=O)Cn1cnc2c1c(=O)n(C)c(=O)n2C. The second-order valence-corrected chi connectivity index (χ2v) is 4.82. The lowest BCUT2D eigenvalue weighted by Gasteiger charge is -2.07. The van der Waals surface area contributed by atoms with Crippen LogP contribution in [-0.4, -0.2) is 31.3 Å². The van der Waals surface area contributed by atoms with Crippen molar-refractivity contribution in [1.82, 2.24) is 18.7 Å². The summed E-state index contributed by atoms with van der Waals surface area (Å²) in [7, 11) is 2.92. The van der Waals surface area contributed by atoms with Crippen LogP contribution in [0.5, 0.6) is 0 Å². The highest BCUT2D eigenvalue weighted by Gasteiger charge is 2.16. The number of unbranched alkanes of at least 4 members (excludes halogenated alkanes) is 1. The Bertz CT molecular complexity index is 784. The minimum atomic E-state index is -0.480. The van der Waals surface area contributed by atoms with Crippen LogP contribution in [0.15, 0.2) is 15.9 Å². The number of ether oxygens (including phenoxy) is 1. The number of aromatic nitrogens is 4. The number of aryl methyl sites for hydroxylation is 1. The van der Waals surface area contributed by atoms with Gasteiger partial charge in [0, 0.05) is 14.1 Å². The van der Waals surface area contributed by atoms with Crippen LogP contribution in [0, 0.1) is 0 Å². The second-order valence-electron chi connectivity index (χ2n) is 4.82. The van der Waals surface area contributed by atoms with E-state index in [1.165, 1.54) is 29.6 Å². The van der Waals surface area contributed by atoms with Crippen LogP contribution < -0.4 is 11.2 Å². The zero-order valence-corrected chi connectivity index (χ0v) is 12.3. The van der Waals surface area contributed by atoms with E-state index in [9.17, 15) is 14.4 Å². The summed E-state index contributed by atoms with van der Waals surface area (Å²) in [4.78, 5) is 39.7. The van der Waals surface area contributed by atoms with E-state index in [-0.39, 0.29) is 17.7 Å². The summed E-state index contributed by atoms with van der Waals surface area (Å²) in [5.41, 5.74) is -0.466. The number of rotatable bonds is 5. The van der Waals surface area contributed by atoms with Crippen molar-refractivity contribution in [2.24, 2.45) is 14.1 Å². The molecule has 0 bridgehead atoms. The third-order valence-corrected chi connectivity index (χ3v) is 3.28. The molecule has 2 aromatic rings. The van der Waals surface area contributed by atoms with Gasteiger partial charge in [0.15, 0.2) is 11.2 Å². The van der Waals surface area contributed by atoms with E-state index in [4.69, 9.17) is 4.74 Å². The van der Waals surface area contributed by atoms with Crippen LogP contribution in [-0.2, 0) is 30.2 Å². The molecule has 0 aliphatic carbocycles. The van der Waals surface area contributed by atoms with Gasteiger partial charge in [0.05, 0.1) is 12.9 Å². The van der Waals surface area contributed by atoms with Crippen LogP contribution in [0.2, 0.25) is 0 Å². The summed E-state index contributed by atoms with van der Waals surface area (Å²) in [6.45, 7) is 2.26. The first kappa shape index (κ1) is 15.0. The van der Waals surface area contributed by atoms with Crippen molar-refractivity contribution in [3.63, 3.8) is 0 Å². The van der Waals surface area contributed by atoms with Gasteiger partial charge >= 0.3 is 11.7 Å². The summed E-state index contributed by atoms with van der Waals surface area (Å²) >= 11 is 0. The minimum Gasteiger partial charge on any atom is -0.464 e. The average Bonchev–Trinajstić information content (AvgIpc) is 2.87. The monoisotopic (exact) mass is 294 g/mol. The minimum absolute atomic E-state index is 0.104. The molecule has 0 saturated heterocycles. The standard InChI is InChI=1S/C13H18N4O4/c1-4-5-6-21-9(18)7-17-8-14-11-10(17)12(19)16(3)13(20)15(11)2/h8H,4-7H2,1-3H3. The van der Waals surface area contributed by atoms with E-state index in [0.29, 0.717) is 6.61 Å². The normalized spacial score (nSPS) is 11.0. The van der Waals surface area contributed by atoms with Gasteiger partial charge in [-0.1, -0.05) is 13.3 Å². The second kappa shape index (κ2) is 5.94. The van der Waals surface area contributed by atoms with Crippen LogP contribution in [0.3, 0.4) is 0 Å². The molecule has 0 saturated carbocycles. The smallest absolute Gasteiger partial charge is 0.332 e. The van der Waals surface area contributed by atoms with Gasteiger partial charge in [0.1, 0.15) is 6.54 Å². The highest BCUT2D eigenvalue weighted by Crippen LogP contribution is 2.05. The molecule has 21 heavy (non-hydrogen) atoms. The summed E-state index contributed by atoms with van der Waals surface area (Å²) in [5.74, 6) is -0.432. The van der Waals surface area contributed by atoms with E-state index < -0.39 is 17.2 Å². The lowest BCUT2D eigenvalue weighted by molar-refractivity contribution is -0.144. The molecule has 2 rings (SSSR count). The number of carbonyl (C=O) groups is 1. The van der Waals surface area contributed by atoms with Crippen LogP contribution >= 0.6 is 0 Å². The Morgan fingerprint density at radius 1 is 1.29 bits per heavy atom. The topological polar surface area (TPSA) is 88.1 Å². The quantitative estimate of drug-likeness (QED) is 0.562. The van der Waals surface area contributed by atoms with Crippen molar-refractivity contribution in [1.29, 1.82) is 0 Å². The van der Waals surface area contributed by atoms with Crippen molar-refractivity contribution in [3.05, 3.63) is 27.2 Å². The number of hydrogen-bond acceptors (Lipinski definition) is 5. The van der Waals surface area contributed by atoms with Crippen molar-refractivity contribution in [2.45, 2.75) is 26.3 Å². The van der Waals surface area contributed by atoms with E-state index in [1.54, 1.807) is 0 Å². The fraction of sp³-hybridized carbons (Fsp3) is 0.538. The molecule has 8 nitrogen and oxygen atoms in total.